The van der Waals surface area contributed by atoms with Crippen LogP contribution in [-0.4, -0.2) is 11.7 Å². The Kier molecular flexibility index (Phi) is 4.34. The summed E-state index contributed by atoms with van der Waals surface area (Å²) < 4.78 is 0. The lowest BCUT2D eigenvalue weighted by Gasteiger charge is -2.04. The minimum absolute atomic E-state index is 0.639. The third kappa shape index (κ3) is 3.81. The normalized spacial score (nSPS) is 11.1. The van der Waals surface area contributed by atoms with Crippen molar-refractivity contribution in [2.24, 2.45) is 10.8 Å². The molecule has 0 atom stereocenters. The molecule has 0 saturated heterocycles. The highest BCUT2D eigenvalue weighted by Crippen LogP contribution is 2.05. The van der Waals surface area contributed by atoms with E-state index >= 15 is 0 Å². The van der Waals surface area contributed by atoms with Crippen LogP contribution in [0.5, 0.6) is 0 Å². The Morgan fingerprint density at radius 3 is 2.60 bits per heavy atom. The molecule has 15 heavy (non-hydrogen) atoms. The molecule has 1 aromatic carbocycles. The van der Waals surface area contributed by atoms with E-state index in [1.165, 1.54) is 0 Å². The van der Waals surface area contributed by atoms with Crippen LogP contribution in [0.2, 0.25) is 0 Å². The number of rotatable bonds is 4. The molecule has 3 N–H and O–H groups in total. The molecular weight excluding hydrogens is 190 g/mol. The highest BCUT2D eigenvalue weighted by molar-refractivity contribution is 6.00. The molecule has 4 nitrogen and oxygen atoms in total. The van der Waals surface area contributed by atoms with Crippen LogP contribution in [0.25, 0.3) is 0 Å². The summed E-state index contributed by atoms with van der Waals surface area (Å²) in [5.74, 6) is 0. The van der Waals surface area contributed by atoms with E-state index in [-0.39, 0.29) is 0 Å². The Labute approximate surface area is 89.2 Å². The third-order valence-corrected chi connectivity index (χ3v) is 1.89. The molecule has 0 fully saturated rings. The number of benzene rings is 1. The SMILES string of the molecule is CCC/C(=N\NC(N)=O)c1ccccc1. The summed E-state index contributed by atoms with van der Waals surface area (Å²) in [5, 5.41) is 3.98. The molecule has 1 aromatic rings. The van der Waals surface area contributed by atoms with Crippen LogP contribution < -0.4 is 11.2 Å². The van der Waals surface area contributed by atoms with Gasteiger partial charge in [0.1, 0.15) is 0 Å². The zero-order valence-corrected chi connectivity index (χ0v) is 8.73. The number of hydrazone groups is 1. The van der Waals surface area contributed by atoms with E-state index in [0.29, 0.717) is 0 Å². The Morgan fingerprint density at radius 2 is 2.07 bits per heavy atom. The van der Waals surface area contributed by atoms with Crippen LogP contribution in [0.15, 0.2) is 35.4 Å². The third-order valence-electron chi connectivity index (χ3n) is 1.89. The van der Waals surface area contributed by atoms with Gasteiger partial charge in [-0.25, -0.2) is 10.2 Å². The first-order valence-corrected chi connectivity index (χ1v) is 4.91. The number of primary amides is 1. The van der Waals surface area contributed by atoms with Gasteiger partial charge in [0, 0.05) is 0 Å². The molecule has 1 rings (SSSR count). The molecular formula is C11H15N3O. The zero-order chi connectivity index (χ0) is 11.1. The zero-order valence-electron chi connectivity index (χ0n) is 8.73. The van der Waals surface area contributed by atoms with Gasteiger partial charge >= 0.3 is 6.03 Å². The second kappa shape index (κ2) is 5.80. The molecule has 80 valence electrons. The van der Waals surface area contributed by atoms with E-state index in [4.69, 9.17) is 5.73 Å². The maximum absolute atomic E-state index is 10.5. The lowest BCUT2D eigenvalue weighted by atomic mass is 10.1. The van der Waals surface area contributed by atoms with Crippen molar-refractivity contribution in [2.45, 2.75) is 19.8 Å². The van der Waals surface area contributed by atoms with Crippen molar-refractivity contribution in [3.63, 3.8) is 0 Å². The first-order valence-electron chi connectivity index (χ1n) is 4.91. The Bertz CT molecular complexity index is 346. The number of nitrogens with zero attached hydrogens (tertiary/aromatic N) is 1. The van der Waals surface area contributed by atoms with Gasteiger partial charge < -0.3 is 5.73 Å². The summed E-state index contributed by atoms with van der Waals surface area (Å²) in [6.45, 7) is 2.06. The molecule has 0 bridgehead atoms. The minimum atomic E-state index is -0.639. The van der Waals surface area contributed by atoms with Gasteiger partial charge in [-0.1, -0.05) is 43.7 Å². The average molecular weight is 205 g/mol. The van der Waals surface area contributed by atoms with Crippen LogP contribution in [0.1, 0.15) is 25.3 Å². The fraction of sp³-hybridized carbons (Fsp3) is 0.273. The van der Waals surface area contributed by atoms with Gasteiger partial charge in [-0.3, -0.25) is 0 Å². The molecule has 0 aliphatic carbocycles. The molecule has 0 saturated carbocycles. The first kappa shape index (κ1) is 11.2. The smallest absolute Gasteiger partial charge is 0.332 e. The largest absolute Gasteiger partial charge is 0.350 e. The van der Waals surface area contributed by atoms with E-state index in [2.05, 4.69) is 17.5 Å². The maximum Gasteiger partial charge on any atom is 0.332 e. The van der Waals surface area contributed by atoms with Crippen LogP contribution in [0.4, 0.5) is 4.79 Å². The number of carbonyl (C=O) groups excluding carboxylic acids is 1. The monoisotopic (exact) mass is 205 g/mol. The molecule has 0 radical (unpaired) electrons. The molecule has 4 heteroatoms. The van der Waals surface area contributed by atoms with Crippen LogP contribution >= 0.6 is 0 Å². The quantitative estimate of drug-likeness (QED) is 0.571. The summed E-state index contributed by atoms with van der Waals surface area (Å²) in [7, 11) is 0. The maximum atomic E-state index is 10.5. The topological polar surface area (TPSA) is 67.5 Å². The van der Waals surface area contributed by atoms with Gasteiger partial charge in [0.2, 0.25) is 0 Å². The van der Waals surface area contributed by atoms with Crippen molar-refractivity contribution in [1.82, 2.24) is 5.43 Å². The van der Waals surface area contributed by atoms with Crippen LogP contribution in [-0.2, 0) is 0 Å². The number of nitrogens with one attached hydrogen (secondary N) is 1. The predicted octanol–water partition coefficient (Wildman–Crippen LogP) is 1.86. The summed E-state index contributed by atoms with van der Waals surface area (Å²) in [4.78, 5) is 10.5. The Hall–Kier alpha value is -1.84. The van der Waals surface area contributed by atoms with Crippen molar-refractivity contribution in [2.75, 3.05) is 0 Å². The molecule has 0 aliphatic heterocycles. The summed E-state index contributed by atoms with van der Waals surface area (Å²) >= 11 is 0. The van der Waals surface area contributed by atoms with E-state index in [1.54, 1.807) is 0 Å². The minimum Gasteiger partial charge on any atom is -0.350 e. The van der Waals surface area contributed by atoms with E-state index in [9.17, 15) is 4.79 Å². The van der Waals surface area contributed by atoms with Crippen molar-refractivity contribution >= 4 is 11.7 Å². The van der Waals surface area contributed by atoms with Gasteiger partial charge in [-0.15, -0.1) is 0 Å². The van der Waals surface area contributed by atoms with E-state index < -0.39 is 6.03 Å². The van der Waals surface area contributed by atoms with E-state index in [0.717, 1.165) is 24.1 Å². The fourth-order valence-electron chi connectivity index (χ4n) is 1.25. The van der Waals surface area contributed by atoms with Gasteiger partial charge in [-0.05, 0) is 12.0 Å². The van der Waals surface area contributed by atoms with Crippen molar-refractivity contribution in [3.05, 3.63) is 35.9 Å². The predicted molar refractivity (Wildman–Crippen MR) is 60.6 cm³/mol. The number of urea groups is 1. The molecule has 0 aliphatic rings. The van der Waals surface area contributed by atoms with Gasteiger partial charge in [0.15, 0.2) is 0 Å². The molecule has 2 amide bonds. The Morgan fingerprint density at radius 1 is 1.40 bits per heavy atom. The molecule has 0 unspecified atom stereocenters. The van der Waals surface area contributed by atoms with Crippen molar-refractivity contribution in [3.8, 4) is 0 Å². The summed E-state index contributed by atoms with van der Waals surface area (Å²) in [6.07, 6.45) is 1.78. The van der Waals surface area contributed by atoms with Crippen molar-refractivity contribution < 1.29 is 4.79 Å². The highest BCUT2D eigenvalue weighted by atomic mass is 16.2. The Balaban J connectivity index is 2.83. The fourth-order valence-corrected chi connectivity index (χ4v) is 1.25. The first-order chi connectivity index (χ1) is 7.24. The lowest BCUT2D eigenvalue weighted by molar-refractivity contribution is 0.249. The number of carbonyl (C=O) groups is 1. The van der Waals surface area contributed by atoms with E-state index in [1.807, 2.05) is 30.3 Å². The van der Waals surface area contributed by atoms with Crippen LogP contribution in [0, 0.1) is 0 Å². The molecule has 0 spiro atoms. The van der Waals surface area contributed by atoms with Crippen molar-refractivity contribution in [1.29, 1.82) is 0 Å². The summed E-state index contributed by atoms with van der Waals surface area (Å²) in [5.41, 5.74) is 9.07. The number of amides is 2. The molecule has 0 aromatic heterocycles. The van der Waals surface area contributed by atoms with Crippen LogP contribution in [0.3, 0.4) is 0 Å². The van der Waals surface area contributed by atoms with Gasteiger partial charge in [-0.2, -0.15) is 5.10 Å². The number of hydrogen-bond acceptors (Lipinski definition) is 2. The summed E-state index contributed by atoms with van der Waals surface area (Å²) in [6, 6.07) is 9.08. The second-order valence-electron chi connectivity index (χ2n) is 3.15. The number of nitrogens with two attached hydrogens (primary N) is 1. The highest BCUT2D eigenvalue weighted by Gasteiger charge is 2.01. The van der Waals surface area contributed by atoms with Gasteiger partial charge in [0.25, 0.3) is 0 Å². The molecule has 0 heterocycles. The standard InChI is InChI=1S/C11H15N3O/c1-2-6-10(13-14-11(12)15)9-7-4-3-5-8-9/h3-5,7-8H,2,6H2,1H3,(H3,12,14,15)/b13-10+. The second-order valence-corrected chi connectivity index (χ2v) is 3.15. The van der Waals surface area contributed by atoms with Gasteiger partial charge in [0.05, 0.1) is 5.71 Å². The lowest BCUT2D eigenvalue weighted by Crippen LogP contribution is -2.26. The average Bonchev–Trinajstić information content (AvgIpc) is 2.25. The number of hydrogen-bond donors (Lipinski definition) is 2.